The Hall–Kier alpha value is -1.59. The topological polar surface area (TPSA) is 53.0 Å². The van der Waals surface area contributed by atoms with Crippen molar-refractivity contribution >= 4 is 5.91 Å². The molecule has 0 saturated carbocycles. The number of hydrogen-bond acceptors (Lipinski definition) is 4. The zero-order valence-electron chi connectivity index (χ0n) is 11.3. The molecule has 0 unspecified atom stereocenters. The van der Waals surface area contributed by atoms with E-state index in [9.17, 15) is 9.90 Å². The second-order valence-corrected chi connectivity index (χ2v) is 5.00. The largest absolute Gasteiger partial charge is 0.484 e. The van der Waals surface area contributed by atoms with Crippen molar-refractivity contribution in [3.8, 4) is 5.75 Å². The molecule has 0 spiro atoms. The lowest BCUT2D eigenvalue weighted by molar-refractivity contribution is -0.132. The van der Waals surface area contributed by atoms with Crippen LogP contribution in [0.1, 0.15) is 0 Å². The molecule has 19 heavy (non-hydrogen) atoms. The van der Waals surface area contributed by atoms with Gasteiger partial charge in [0.2, 0.25) is 0 Å². The minimum absolute atomic E-state index is 0.000625. The van der Waals surface area contributed by atoms with Crippen molar-refractivity contribution in [2.75, 3.05) is 33.8 Å². The molecule has 2 atom stereocenters. The molecule has 1 aliphatic rings. The minimum Gasteiger partial charge on any atom is -0.484 e. The number of carbonyl (C=O) groups excluding carboxylic acids is 1. The van der Waals surface area contributed by atoms with E-state index in [1.54, 1.807) is 4.90 Å². The maximum Gasteiger partial charge on any atom is 0.260 e. The predicted octanol–water partition coefficient (Wildman–Crippen LogP) is 0.199. The molecule has 0 aliphatic carbocycles. The molecule has 5 heteroatoms. The number of nitrogens with zero attached hydrogens (tertiary/aromatic N) is 2. The van der Waals surface area contributed by atoms with E-state index in [2.05, 4.69) is 0 Å². The number of aliphatic hydroxyl groups is 1. The molecule has 1 aliphatic heterocycles. The molecular weight excluding hydrogens is 244 g/mol. The normalized spacial score (nSPS) is 22.8. The Bertz CT molecular complexity index is 422. The summed E-state index contributed by atoms with van der Waals surface area (Å²) in [7, 11) is 3.81. The van der Waals surface area contributed by atoms with Crippen LogP contribution in [0.2, 0.25) is 0 Å². The highest BCUT2D eigenvalue weighted by Crippen LogP contribution is 2.15. The van der Waals surface area contributed by atoms with E-state index >= 15 is 0 Å². The summed E-state index contributed by atoms with van der Waals surface area (Å²) in [6, 6.07) is 9.25. The Morgan fingerprint density at radius 1 is 1.37 bits per heavy atom. The molecule has 2 rings (SSSR count). The second-order valence-electron chi connectivity index (χ2n) is 5.00. The lowest BCUT2D eigenvalue weighted by Gasteiger charge is -2.21. The number of likely N-dealkylation sites (tertiary alicyclic amines) is 1. The third-order valence-electron chi connectivity index (χ3n) is 3.38. The summed E-state index contributed by atoms with van der Waals surface area (Å²) in [5.74, 6) is 0.590. The first-order chi connectivity index (χ1) is 9.08. The third-order valence-corrected chi connectivity index (χ3v) is 3.38. The van der Waals surface area contributed by atoms with Gasteiger partial charge in [0.05, 0.1) is 12.1 Å². The van der Waals surface area contributed by atoms with Crippen molar-refractivity contribution in [3.63, 3.8) is 0 Å². The third kappa shape index (κ3) is 3.45. The number of hydrogen-bond donors (Lipinski definition) is 1. The monoisotopic (exact) mass is 264 g/mol. The van der Waals surface area contributed by atoms with Gasteiger partial charge < -0.3 is 19.6 Å². The summed E-state index contributed by atoms with van der Waals surface area (Å²) in [4.78, 5) is 15.6. The van der Waals surface area contributed by atoms with E-state index < -0.39 is 6.10 Å². The number of amides is 1. The van der Waals surface area contributed by atoms with Crippen LogP contribution in [0.4, 0.5) is 0 Å². The van der Waals surface area contributed by atoms with Crippen LogP contribution in [0.5, 0.6) is 5.75 Å². The molecule has 1 amide bonds. The summed E-state index contributed by atoms with van der Waals surface area (Å²) in [5.41, 5.74) is 0. The van der Waals surface area contributed by atoms with Gasteiger partial charge in [0.15, 0.2) is 6.61 Å². The van der Waals surface area contributed by atoms with Crippen LogP contribution in [-0.4, -0.2) is 66.8 Å². The Kier molecular flexibility index (Phi) is 4.39. The predicted molar refractivity (Wildman–Crippen MR) is 72.0 cm³/mol. The molecular formula is C14H20N2O3. The Labute approximate surface area is 113 Å². The molecule has 1 N–H and O–H groups in total. The Balaban J connectivity index is 1.85. The van der Waals surface area contributed by atoms with Crippen molar-refractivity contribution in [1.29, 1.82) is 0 Å². The van der Waals surface area contributed by atoms with Gasteiger partial charge in [-0.25, -0.2) is 0 Å². The highest BCUT2D eigenvalue weighted by Gasteiger charge is 2.35. The molecule has 1 aromatic carbocycles. The fraction of sp³-hybridized carbons (Fsp3) is 0.500. The molecule has 0 bridgehead atoms. The number of aliphatic hydroxyl groups excluding tert-OH is 1. The van der Waals surface area contributed by atoms with Crippen LogP contribution in [-0.2, 0) is 4.79 Å². The highest BCUT2D eigenvalue weighted by atomic mass is 16.5. The van der Waals surface area contributed by atoms with E-state index in [0.29, 0.717) is 18.8 Å². The van der Waals surface area contributed by atoms with Crippen LogP contribution in [0, 0.1) is 0 Å². The molecule has 1 heterocycles. The second kappa shape index (κ2) is 6.04. The lowest BCUT2D eigenvalue weighted by atomic mass is 10.2. The number of likely N-dealkylation sites (N-methyl/N-ethyl adjacent to an activating group) is 1. The molecule has 5 nitrogen and oxygen atoms in total. The van der Waals surface area contributed by atoms with Crippen molar-refractivity contribution in [1.82, 2.24) is 9.80 Å². The highest BCUT2D eigenvalue weighted by molar-refractivity contribution is 5.78. The van der Waals surface area contributed by atoms with Crippen molar-refractivity contribution in [3.05, 3.63) is 30.3 Å². The molecule has 1 saturated heterocycles. The van der Waals surface area contributed by atoms with Crippen LogP contribution < -0.4 is 4.74 Å². The first kappa shape index (κ1) is 13.8. The SMILES string of the molecule is CN(C)[C@@H]1CN(C(=O)COc2ccccc2)C[C@H]1O. The number of para-hydroxylation sites is 1. The summed E-state index contributed by atoms with van der Waals surface area (Å²) in [5, 5.41) is 9.89. The number of rotatable bonds is 4. The quantitative estimate of drug-likeness (QED) is 0.844. The zero-order valence-corrected chi connectivity index (χ0v) is 11.3. The molecule has 0 aromatic heterocycles. The smallest absolute Gasteiger partial charge is 0.260 e. The van der Waals surface area contributed by atoms with Gasteiger partial charge in [-0.3, -0.25) is 4.79 Å². The van der Waals surface area contributed by atoms with Gasteiger partial charge in [-0.2, -0.15) is 0 Å². The zero-order chi connectivity index (χ0) is 13.8. The van der Waals surface area contributed by atoms with Crippen LogP contribution in [0.3, 0.4) is 0 Å². The number of benzene rings is 1. The van der Waals surface area contributed by atoms with E-state index in [0.717, 1.165) is 0 Å². The van der Waals surface area contributed by atoms with Crippen LogP contribution in [0.25, 0.3) is 0 Å². The molecule has 1 fully saturated rings. The van der Waals surface area contributed by atoms with Gasteiger partial charge >= 0.3 is 0 Å². The number of β-amino-alcohol motifs (C(OH)–C–C–N with tert-alkyl or cyclic N) is 1. The van der Waals surface area contributed by atoms with Crippen LogP contribution >= 0.6 is 0 Å². The minimum atomic E-state index is -0.490. The van der Waals surface area contributed by atoms with Gasteiger partial charge in [0.25, 0.3) is 5.91 Å². The number of ether oxygens (including phenoxy) is 1. The van der Waals surface area contributed by atoms with E-state index in [4.69, 9.17) is 4.74 Å². The lowest BCUT2D eigenvalue weighted by Crippen LogP contribution is -2.38. The summed E-state index contributed by atoms with van der Waals surface area (Å²) in [6.07, 6.45) is -0.490. The molecule has 1 aromatic rings. The van der Waals surface area contributed by atoms with Crippen molar-refractivity contribution in [2.45, 2.75) is 12.1 Å². The van der Waals surface area contributed by atoms with E-state index in [1.807, 2.05) is 49.3 Å². The summed E-state index contributed by atoms with van der Waals surface area (Å²) >= 11 is 0. The Morgan fingerprint density at radius 3 is 2.63 bits per heavy atom. The maximum atomic E-state index is 12.0. The summed E-state index contributed by atoms with van der Waals surface area (Å²) < 4.78 is 5.42. The van der Waals surface area contributed by atoms with Gasteiger partial charge in [-0.1, -0.05) is 18.2 Å². The fourth-order valence-electron chi connectivity index (χ4n) is 2.23. The fourth-order valence-corrected chi connectivity index (χ4v) is 2.23. The van der Waals surface area contributed by atoms with E-state index in [1.165, 1.54) is 0 Å². The van der Waals surface area contributed by atoms with Gasteiger partial charge in [-0.15, -0.1) is 0 Å². The molecule has 0 radical (unpaired) electrons. The van der Waals surface area contributed by atoms with Crippen LogP contribution in [0.15, 0.2) is 30.3 Å². The van der Waals surface area contributed by atoms with Crippen molar-refractivity contribution in [2.24, 2.45) is 0 Å². The Morgan fingerprint density at radius 2 is 2.05 bits per heavy atom. The first-order valence-corrected chi connectivity index (χ1v) is 6.38. The number of carbonyl (C=O) groups is 1. The average molecular weight is 264 g/mol. The van der Waals surface area contributed by atoms with Gasteiger partial charge in [0.1, 0.15) is 5.75 Å². The first-order valence-electron chi connectivity index (χ1n) is 6.38. The summed E-state index contributed by atoms with van der Waals surface area (Å²) in [6.45, 7) is 0.932. The maximum absolute atomic E-state index is 12.0. The molecule has 104 valence electrons. The van der Waals surface area contributed by atoms with Crippen molar-refractivity contribution < 1.29 is 14.6 Å². The van der Waals surface area contributed by atoms with E-state index in [-0.39, 0.29) is 18.6 Å². The standard InChI is InChI=1S/C14H20N2O3/c1-15(2)12-8-16(9-13(12)17)14(18)10-19-11-6-4-3-5-7-11/h3-7,12-13,17H,8-10H2,1-2H3/t12-,13-/m1/s1. The van der Waals surface area contributed by atoms with Gasteiger partial charge in [0, 0.05) is 13.1 Å². The van der Waals surface area contributed by atoms with Gasteiger partial charge in [-0.05, 0) is 26.2 Å². The average Bonchev–Trinajstić information content (AvgIpc) is 2.79.